The van der Waals surface area contributed by atoms with E-state index in [4.69, 9.17) is 9.47 Å². The number of cyclic esters (lactones) is 1. The third kappa shape index (κ3) is 2.77. The van der Waals surface area contributed by atoms with E-state index in [0.29, 0.717) is 5.92 Å². The number of esters is 2. The van der Waals surface area contributed by atoms with Crippen LogP contribution >= 0.6 is 0 Å². The number of ether oxygens (including phenoxy) is 2. The molecule has 1 saturated carbocycles. The highest BCUT2D eigenvalue weighted by Gasteiger charge is 2.49. The van der Waals surface area contributed by atoms with Crippen LogP contribution in [0, 0.1) is 23.2 Å². The molecule has 2 rings (SSSR count). The van der Waals surface area contributed by atoms with Gasteiger partial charge in [0.2, 0.25) is 0 Å². The molecule has 0 radical (unpaired) electrons. The Morgan fingerprint density at radius 2 is 2.11 bits per heavy atom. The summed E-state index contributed by atoms with van der Waals surface area (Å²) in [5.74, 6) is 0.511. The zero-order valence-corrected chi connectivity index (χ0v) is 12.3. The minimum atomic E-state index is -0.467. The molecule has 0 aromatic rings. The summed E-state index contributed by atoms with van der Waals surface area (Å²) < 4.78 is 10.7. The van der Waals surface area contributed by atoms with E-state index in [1.54, 1.807) is 0 Å². The number of hydrogen-bond acceptors (Lipinski definition) is 4. The average molecular weight is 268 g/mol. The van der Waals surface area contributed by atoms with Crippen molar-refractivity contribution >= 4 is 11.9 Å². The second-order valence-corrected chi connectivity index (χ2v) is 6.66. The lowest BCUT2D eigenvalue weighted by atomic mass is 9.90. The van der Waals surface area contributed by atoms with Gasteiger partial charge in [0.15, 0.2) is 0 Å². The van der Waals surface area contributed by atoms with Gasteiger partial charge in [-0.1, -0.05) is 13.8 Å². The molecule has 0 amide bonds. The Morgan fingerprint density at radius 1 is 1.42 bits per heavy atom. The Hall–Kier alpha value is -1.06. The lowest BCUT2D eigenvalue weighted by Gasteiger charge is -2.23. The van der Waals surface area contributed by atoms with E-state index >= 15 is 0 Å². The van der Waals surface area contributed by atoms with Gasteiger partial charge in [-0.25, -0.2) is 0 Å². The van der Waals surface area contributed by atoms with Crippen molar-refractivity contribution in [2.24, 2.45) is 23.2 Å². The number of carbonyl (C=O) groups is 2. The number of carbonyl (C=O) groups excluding carboxylic acids is 2. The van der Waals surface area contributed by atoms with Gasteiger partial charge in [0.25, 0.3) is 0 Å². The molecule has 0 aromatic heterocycles. The molecule has 2 fully saturated rings. The Balaban J connectivity index is 1.91. The van der Waals surface area contributed by atoms with Crippen molar-refractivity contribution in [3.63, 3.8) is 0 Å². The SMILES string of the molecule is CCC(C)(C)C(=O)OC[C@@H]1OC(=O)C2CC(C)CC21. The molecule has 1 heterocycles. The van der Waals surface area contributed by atoms with Crippen LogP contribution in [0.25, 0.3) is 0 Å². The molecule has 0 spiro atoms. The average Bonchev–Trinajstić information content (AvgIpc) is 2.86. The second kappa shape index (κ2) is 5.14. The zero-order valence-electron chi connectivity index (χ0n) is 12.3. The second-order valence-electron chi connectivity index (χ2n) is 6.66. The van der Waals surface area contributed by atoms with Crippen LogP contribution in [-0.4, -0.2) is 24.6 Å². The lowest BCUT2D eigenvalue weighted by molar-refractivity contribution is -0.161. The molecule has 2 aliphatic rings. The van der Waals surface area contributed by atoms with E-state index in [0.717, 1.165) is 19.3 Å². The highest BCUT2D eigenvalue weighted by Crippen LogP contribution is 2.44. The third-order valence-corrected chi connectivity index (χ3v) is 4.71. The van der Waals surface area contributed by atoms with Crippen molar-refractivity contribution in [1.29, 1.82) is 0 Å². The van der Waals surface area contributed by atoms with Gasteiger partial charge in [-0.05, 0) is 39.0 Å². The van der Waals surface area contributed by atoms with E-state index in [1.165, 1.54) is 0 Å². The quantitative estimate of drug-likeness (QED) is 0.735. The van der Waals surface area contributed by atoms with Crippen LogP contribution in [0.15, 0.2) is 0 Å². The maximum atomic E-state index is 11.9. The molecule has 1 aliphatic heterocycles. The summed E-state index contributed by atoms with van der Waals surface area (Å²) in [5.41, 5.74) is -0.467. The standard InChI is InChI=1S/C15H24O4/c1-5-15(3,4)14(17)18-8-12-10-6-9(2)7-11(10)13(16)19-12/h9-12H,5-8H2,1-4H3/t9?,10?,11?,12-/m0/s1. The van der Waals surface area contributed by atoms with Gasteiger partial charge >= 0.3 is 11.9 Å². The summed E-state index contributed by atoms with van der Waals surface area (Å²) in [6.45, 7) is 8.08. The Labute approximate surface area is 114 Å². The fourth-order valence-corrected chi connectivity index (χ4v) is 2.99. The summed E-state index contributed by atoms with van der Waals surface area (Å²) >= 11 is 0. The van der Waals surface area contributed by atoms with Gasteiger partial charge in [0, 0.05) is 5.92 Å². The molecule has 1 saturated heterocycles. The fraction of sp³-hybridized carbons (Fsp3) is 0.867. The monoisotopic (exact) mass is 268 g/mol. The molecule has 108 valence electrons. The van der Waals surface area contributed by atoms with Gasteiger partial charge in [0.05, 0.1) is 11.3 Å². The Bertz CT molecular complexity index is 374. The van der Waals surface area contributed by atoms with Crippen LogP contribution in [-0.2, 0) is 19.1 Å². The molecule has 3 unspecified atom stereocenters. The molecular weight excluding hydrogens is 244 g/mol. The van der Waals surface area contributed by atoms with E-state index in [9.17, 15) is 9.59 Å². The van der Waals surface area contributed by atoms with Crippen molar-refractivity contribution in [3.05, 3.63) is 0 Å². The maximum Gasteiger partial charge on any atom is 0.311 e. The van der Waals surface area contributed by atoms with E-state index in [1.807, 2.05) is 20.8 Å². The molecule has 0 bridgehead atoms. The molecule has 4 atom stereocenters. The van der Waals surface area contributed by atoms with Crippen molar-refractivity contribution in [2.75, 3.05) is 6.61 Å². The first-order valence-corrected chi connectivity index (χ1v) is 7.23. The van der Waals surface area contributed by atoms with Gasteiger partial charge in [-0.15, -0.1) is 0 Å². The number of hydrogen-bond donors (Lipinski definition) is 0. The van der Waals surface area contributed by atoms with Gasteiger partial charge in [-0.3, -0.25) is 9.59 Å². The zero-order chi connectivity index (χ0) is 14.2. The van der Waals surface area contributed by atoms with E-state index in [-0.39, 0.29) is 36.5 Å². The summed E-state index contributed by atoms with van der Waals surface area (Å²) in [5, 5.41) is 0. The van der Waals surface area contributed by atoms with Crippen LogP contribution in [0.5, 0.6) is 0 Å². The van der Waals surface area contributed by atoms with E-state index in [2.05, 4.69) is 6.92 Å². The largest absolute Gasteiger partial charge is 0.461 e. The van der Waals surface area contributed by atoms with Crippen LogP contribution in [0.1, 0.15) is 47.0 Å². The van der Waals surface area contributed by atoms with Gasteiger partial charge in [-0.2, -0.15) is 0 Å². The molecule has 0 aromatic carbocycles. The predicted octanol–water partition coefficient (Wildman–Crippen LogP) is 2.55. The smallest absolute Gasteiger partial charge is 0.311 e. The minimum Gasteiger partial charge on any atom is -0.461 e. The molecular formula is C15H24O4. The molecule has 19 heavy (non-hydrogen) atoms. The van der Waals surface area contributed by atoms with Crippen LogP contribution in [0.3, 0.4) is 0 Å². The predicted molar refractivity (Wildman–Crippen MR) is 70.3 cm³/mol. The van der Waals surface area contributed by atoms with Crippen molar-refractivity contribution in [1.82, 2.24) is 0 Å². The normalized spacial score (nSPS) is 34.0. The van der Waals surface area contributed by atoms with Crippen molar-refractivity contribution < 1.29 is 19.1 Å². The number of rotatable bonds is 4. The summed E-state index contributed by atoms with van der Waals surface area (Å²) in [6, 6.07) is 0. The minimum absolute atomic E-state index is 0.0258. The van der Waals surface area contributed by atoms with Gasteiger partial charge < -0.3 is 9.47 Å². The van der Waals surface area contributed by atoms with Crippen LogP contribution in [0.2, 0.25) is 0 Å². The summed E-state index contributed by atoms with van der Waals surface area (Å²) in [7, 11) is 0. The highest BCUT2D eigenvalue weighted by molar-refractivity contribution is 5.77. The number of fused-ring (bicyclic) bond motifs is 1. The summed E-state index contributed by atoms with van der Waals surface area (Å²) in [6.07, 6.45) is 2.41. The fourth-order valence-electron chi connectivity index (χ4n) is 2.99. The van der Waals surface area contributed by atoms with Crippen LogP contribution in [0.4, 0.5) is 0 Å². The molecule has 4 nitrogen and oxygen atoms in total. The first-order valence-electron chi connectivity index (χ1n) is 7.23. The Morgan fingerprint density at radius 3 is 2.74 bits per heavy atom. The topological polar surface area (TPSA) is 52.6 Å². The van der Waals surface area contributed by atoms with Gasteiger partial charge in [0.1, 0.15) is 12.7 Å². The Kier molecular flexibility index (Phi) is 3.88. The molecule has 0 N–H and O–H groups in total. The molecule has 4 heteroatoms. The maximum absolute atomic E-state index is 11.9. The highest BCUT2D eigenvalue weighted by atomic mass is 16.6. The van der Waals surface area contributed by atoms with E-state index < -0.39 is 5.41 Å². The van der Waals surface area contributed by atoms with Crippen LogP contribution < -0.4 is 0 Å². The van der Waals surface area contributed by atoms with Crippen molar-refractivity contribution in [2.45, 2.75) is 53.1 Å². The third-order valence-electron chi connectivity index (χ3n) is 4.71. The summed E-state index contributed by atoms with van der Waals surface area (Å²) in [4.78, 5) is 23.7. The first-order chi connectivity index (χ1) is 8.85. The van der Waals surface area contributed by atoms with Crippen molar-refractivity contribution in [3.8, 4) is 0 Å². The first kappa shape index (κ1) is 14.4. The lowest BCUT2D eigenvalue weighted by Crippen LogP contribution is -2.31. The molecule has 1 aliphatic carbocycles.